The molecule has 20 heavy (non-hydrogen) atoms. The molecule has 0 fully saturated rings. The van der Waals surface area contributed by atoms with Crippen molar-refractivity contribution in [3.8, 4) is 5.75 Å². The molecule has 6 heteroatoms. The van der Waals surface area contributed by atoms with Crippen LogP contribution >= 0.6 is 27.3 Å². The summed E-state index contributed by atoms with van der Waals surface area (Å²) in [5, 5.41) is 5.43. The molecule has 1 aromatic carbocycles. The summed E-state index contributed by atoms with van der Waals surface area (Å²) in [5.41, 5.74) is 1.03. The second-order valence-electron chi connectivity index (χ2n) is 4.28. The number of benzene rings is 1. The molecular weight excluding hydrogens is 348 g/mol. The molecule has 0 aliphatic carbocycles. The lowest BCUT2D eigenvalue weighted by molar-refractivity contribution is -0.0498. The topological polar surface area (TPSA) is 21.3 Å². The molecule has 0 aliphatic heterocycles. The van der Waals surface area contributed by atoms with Gasteiger partial charge in [-0.15, -0.1) is 11.3 Å². The average Bonchev–Trinajstić information content (AvgIpc) is 2.82. The molecule has 2 aromatic rings. The Morgan fingerprint density at radius 2 is 2.00 bits per heavy atom. The van der Waals surface area contributed by atoms with E-state index in [9.17, 15) is 8.78 Å². The summed E-state index contributed by atoms with van der Waals surface area (Å²) < 4.78 is 29.5. The Labute approximate surface area is 128 Å². The maximum Gasteiger partial charge on any atom is 0.387 e. The van der Waals surface area contributed by atoms with E-state index in [2.05, 4.69) is 32.0 Å². The summed E-state index contributed by atoms with van der Waals surface area (Å²) in [6.45, 7) is 0.0203. The van der Waals surface area contributed by atoms with Crippen molar-refractivity contribution in [2.24, 2.45) is 0 Å². The van der Waals surface area contributed by atoms with Gasteiger partial charge in [0, 0.05) is 27.3 Å². The predicted octanol–water partition coefficient (Wildman–Crippen LogP) is 4.96. The third-order valence-corrected chi connectivity index (χ3v) is 4.51. The van der Waals surface area contributed by atoms with Crippen LogP contribution in [-0.4, -0.2) is 6.61 Å². The van der Waals surface area contributed by atoms with Gasteiger partial charge in [0.2, 0.25) is 0 Å². The summed E-state index contributed by atoms with van der Waals surface area (Å²) in [7, 11) is 0. The minimum Gasteiger partial charge on any atom is -0.435 e. The first-order valence-electron chi connectivity index (χ1n) is 6.05. The number of hydrogen-bond acceptors (Lipinski definition) is 3. The zero-order valence-electron chi connectivity index (χ0n) is 10.8. The van der Waals surface area contributed by atoms with Gasteiger partial charge in [0.1, 0.15) is 5.75 Å². The highest BCUT2D eigenvalue weighted by Gasteiger charge is 2.08. The maximum atomic E-state index is 12.1. The molecule has 0 amide bonds. The lowest BCUT2D eigenvalue weighted by Crippen LogP contribution is -2.17. The van der Waals surface area contributed by atoms with Gasteiger partial charge in [-0.25, -0.2) is 0 Å². The third kappa shape index (κ3) is 4.54. The summed E-state index contributed by atoms with van der Waals surface area (Å²) in [6.07, 6.45) is 0. The molecule has 0 aliphatic rings. The molecular formula is C14H14BrF2NOS. The van der Waals surface area contributed by atoms with Crippen LogP contribution in [0.1, 0.15) is 23.4 Å². The first-order valence-corrected chi connectivity index (χ1v) is 7.73. The van der Waals surface area contributed by atoms with Crippen molar-refractivity contribution in [3.63, 3.8) is 0 Å². The first kappa shape index (κ1) is 15.4. The molecule has 0 saturated carbocycles. The second kappa shape index (κ2) is 7.15. The van der Waals surface area contributed by atoms with E-state index in [0.717, 1.165) is 16.6 Å². The van der Waals surface area contributed by atoms with Gasteiger partial charge in [-0.05, 0) is 46.6 Å². The predicted molar refractivity (Wildman–Crippen MR) is 80.3 cm³/mol. The van der Waals surface area contributed by atoms with Crippen LogP contribution in [0.25, 0.3) is 0 Å². The Balaban J connectivity index is 1.90. The van der Waals surface area contributed by atoms with Crippen molar-refractivity contribution in [2.45, 2.75) is 26.1 Å². The Hall–Kier alpha value is -0.980. The molecule has 2 nitrogen and oxygen atoms in total. The van der Waals surface area contributed by atoms with E-state index in [-0.39, 0.29) is 11.8 Å². The molecule has 1 aromatic heterocycles. The minimum atomic E-state index is -2.78. The first-order chi connectivity index (χ1) is 9.54. The fourth-order valence-corrected chi connectivity index (χ4v) is 3.16. The standard InChI is InChI=1S/C14H14BrF2NOS/c1-9(18-7-13-6-11(15)8-20-13)10-2-4-12(5-3-10)19-14(16)17/h2-6,8-9,14,18H,7H2,1H3. The zero-order valence-corrected chi connectivity index (χ0v) is 13.2. The van der Waals surface area contributed by atoms with Crippen LogP contribution in [0.15, 0.2) is 40.2 Å². The highest BCUT2D eigenvalue weighted by molar-refractivity contribution is 9.10. The largest absolute Gasteiger partial charge is 0.435 e. The molecule has 0 saturated heterocycles. The monoisotopic (exact) mass is 361 g/mol. The molecule has 108 valence electrons. The van der Waals surface area contributed by atoms with Crippen LogP contribution in [0.3, 0.4) is 0 Å². The van der Waals surface area contributed by atoms with E-state index >= 15 is 0 Å². The molecule has 0 radical (unpaired) electrons. The summed E-state index contributed by atoms with van der Waals surface area (Å²) in [5.74, 6) is 0.179. The maximum absolute atomic E-state index is 12.1. The van der Waals surface area contributed by atoms with Crippen LogP contribution in [0.5, 0.6) is 5.75 Å². The molecule has 1 heterocycles. The number of thiophene rings is 1. The van der Waals surface area contributed by atoms with E-state index in [1.807, 2.05) is 12.3 Å². The van der Waals surface area contributed by atoms with Gasteiger partial charge in [0.05, 0.1) is 0 Å². The van der Waals surface area contributed by atoms with Crippen molar-refractivity contribution in [1.82, 2.24) is 5.32 Å². The Kier molecular flexibility index (Phi) is 5.51. The van der Waals surface area contributed by atoms with Gasteiger partial charge < -0.3 is 10.1 Å². The molecule has 1 atom stereocenters. The Bertz CT molecular complexity index is 544. The molecule has 0 spiro atoms. The van der Waals surface area contributed by atoms with Gasteiger partial charge in [-0.3, -0.25) is 0 Å². The van der Waals surface area contributed by atoms with Crippen LogP contribution in [-0.2, 0) is 6.54 Å². The van der Waals surface area contributed by atoms with Crippen molar-refractivity contribution in [3.05, 3.63) is 50.6 Å². The fourth-order valence-electron chi connectivity index (χ4n) is 1.76. The van der Waals surface area contributed by atoms with Gasteiger partial charge in [-0.2, -0.15) is 8.78 Å². The SMILES string of the molecule is CC(NCc1cc(Br)cs1)c1ccc(OC(F)F)cc1. The van der Waals surface area contributed by atoms with Gasteiger partial charge in [-0.1, -0.05) is 12.1 Å². The van der Waals surface area contributed by atoms with E-state index in [0.29, 0.717) is 0 Å². The highest BCUT2D eigenvalue weighted by atomic mass is 79.9. The number of rotatable bonds is 6. The molecule has 1 unspecified atom stereocenters. The fraction of sp³-hybridized carbons (Fsp3) is 0.286. The van der Waals surface area contributed by atoms with Gasteiger partial charge in [0.15, 0.2) is 0 Å². The minimum absolute atomic E-state index is 0.136. The Morgan fingerprint density at radius 3 is 2.55 bits per heavy atom. The van der Waals surface area contributed by atoms with Crippen molar-refractivity contribution < 1.29 is 13.5 Å². The van der Waals surface area contributed by atoms with Crippen LogP contribution in [0.4, 0.5) is 8.78 Å². The number of hydrogen-bond donors (Lipinski definition) is 1. The summed E-state index contributed by atoms with van der Waals surface area (Å²) >= 11 is 5.10. The second-order valence-corrected chi connectivity index (χ2v) is 6.19. The van der Waals surface area contributed by atoms with Crippen molar-refractivity contribution in [1.29, 1.82) is 0 Å². The quantitative estimate of drug-likeness (QED) is 0.784. The molecule has 2 rings (SSSR count). The zero-order chi connectivity index (χ0) is 14.5. The van der Waals surface area contributed by atoms with Crippen LogP contribution in [0, 0.1) is 0 Å². The lowest BCUT2D eigenvalue weighted by Gasteiger charge is -2.14. The highest BCUT2D eigenvalue weighted by Crippen LogP contribution is 2.22. The van der Waals surface area contributed by atoms with E-state index in [1.54, 1.807) is 35.6 Å². The Morgan fingerprint density at radius 1 is 1.30 bits per heavy atom. The van der Waals surface area contributed by atoms with E-state index in [4.69, 9.17) is 0 Å². The van der Waals surface area contributed by atoms with Crippen molar-refractivity contribution >= 4 is 27.3 Å². The number of halogens is 3. The van der Waals surface area contributed by atoms with Gasteiger partial charge in [0.25, 0.3) is 0 Å². The lowest BCUT2D eigenvalue weighted by atomic mass is 10.1. The van der Waals surface area contributed by atoms with Crippen molar-refractivity contribution in [2.75, 3.05) is 0 Å². The average molecular weight is 362 g/mol. The van der Waals surface area contributed by atoms with E-state index in [1.165, 1.54) is 4.88 Å². The number of alkyl halides is 2. The number of nitrogens with one attached hydrogen (secondary N) is 1. The van der Waals surface area contributed by atoms with Gasteiger partial charge >= 0.3 is 6.61 Å². The summed E-state index contributed by atoms with van der Waals surface area (Å²) in [4.78, 5) is 1.24. The van der Waals surface area contributed by atoms with E-state index < -0.39 is 6.61 Å². The van der Waals surface area contributed by atoms with Crippen LogP contribution < -0.4 is 10.1 Å². The molecule has 0 bridgehead atoms. The smallest absolute Gasteiger partial charge is 0.387 e. The molecule has 1 N–H and O–H groups in total. The van der Waals surface area contributed by atoms with Crippen LogP contribution in [0.2, 0.25) is 0 Å². The summed E-state index contributed by atoms with van der Waals surface area (Å²) in [6, 6.07) is 8.91. The third-order valence-electron chi connectivity index (χ3n) is 2.81. The normalized spacial score (nSPS) is 12.7. The number of ether oxygens (including phenoxy) is 1.